The molecule has 0 radical (unpaired) electrons. The second kappa shape index (κ2) is 4.01. The van der Waals surface area contributed by atoms with Gasteiger partial charge in [0.25, 0.3) is 0 Å². The van der Waals surface area contributed by atoms with Crippen LogP contribution in [0.3, 0.4) is 0 Å². The molecule has 1 N–H and O–H groups in total. The highest BCUT2D eigenvalue weighted by atomic mass is 16.4. The van der Waals surface area contributed by atoms with E-state index in [0.29, 0.717) is 11.4 Å². The molecule has 0 fully saturated rings. The maximum atomic E-state index is 10.7. The molecule has 0 unspecified atom stereocenters. The average molecular weight is 216 g/mol. The summed E-state index contributed by atoms with van der Waals surface area (Å²) in [5.74, 6) is -1.09. The molecule has 0 saturated carbocycles. The molecule has 0 aromatic carbocycles. The molecule has 0 bridgehead atoms. The molecule has 0 amide bonds. The maximum absolute atomic E-state index is 10.7. The molecular formula is C10H8N4O2. The Hall–Kier alpha value is -2.37. The van der Waals surface area contributed by atoms with Gasteiger partial charge in [0.05, 0.1) is 17.6 Å². The molecular weight excluding hydrogens is 208 g/mol. The fourth-order valence-electron chi connectivity index (χ4n) is 1.14. The lowest BCUT2D eigenvalue weighted by atomic mass is 10.2. The van der Waals surface area contributed by atoms with Crippen molar-refractivity contribution >= 4 is 5.97 Å². The first kappa shape index (κ1) is 10.2. The number of hydrogen-bond acceptors (Lipinski definition) is 5. The molecule has 0 spiro atoms. The Labute approximate surface area is 91.1 Å². The number of carboxylic acids is 1. The molecule has 2 aromatic rings. The number of aromatic carboxylic acids is 1. The van der Waals surface area contributed by atoms with E-state index in [9.17, 15) is 4.79 Å². The van der Waals surface area contributed by atoms with Crippen LogP contribution in [-0.2, 0) is 0 Å². The van der Waals surface area contributed by atoms with E-state index in [-0.39, 0.29) is 5.69 Å². The summed E-state index contributed by atoms with van der Waals surface area (Å²) >= 11 is 0. The average Bonchev–Trinajstić information content (AvgIpc) is 2.30. The predicted molar refractivity (Wildman–Crippen MR) is 54.8 cm³/mol. The number of carboxylic acid groups (broad SMARTS) is 1. The fourth-order valence-corrected chi connectivity index (χ4v) is 1.14. The zero-order valence-corrected chi connectivity index (χ0v) is 8.45. The van der Waals surface area contributed by atoms with Crippen molar-refractivity contribution in [1.82, 2.24) is 19.9 Å². The van der Waals surface area contributed by atoms with Gasteiger partial charge >= 0.3 is 5.97 Å². The van der Waals surface area contributed by atoms with Gasteiger partial charge in [-0.2, -0.15) is 0 Å². The molecule has 16 heavy (non-hydrogen) atoms. The van der Waals surface area contributed by atoms with E-state index in [2.05, 4.69) is 19.9 Å². The number of aryl methyl sites for hydroxylation is 1. The van der Waals surface area contributed by atoms with Gasteiger partial charge in [0, 0.05) is 6.20 Å². The lowest BCUT2D eigenvalue weighted by molar-refractivity contribution is 0.0690. The maximum Gasteiger partial charge on any atom is 0.354 e. The van der Waals surface area contributed by atoms with Crippen molar-refractivity contribution < 1.29 is 9.90 Å². The van der Waals surface area contributed by atoms with Crippen molar-refractivity contribution in [3.8, 4) is 11.4 Å². The van der Waals surface area contributed by atoms with Gasteiger partial charge in [0.2, 0.25) is 0 Å². The summed E-state index contributed by atoms with van der Waals surface area (Å²) in [4.78, 5) is 26.4. The summed E-state index contributed by atoms with van der Waals surface area (Å²) < 4.78 is 0. The molecule has 80 valence electrons. The standard InChI is InChI=1S/C10H8N4O2/c1-6-3-12-9(4-11-6)7-2-8(10(15)16)14-5-13-7/h2-5H,1H3,(H,15,16). The van der Waals surface area contributed by atoms with E-state index in [0.717, 1.165) is 5.69 Å². The summed E-state index contributed by atoms with van der Waals surface area (Å²) in [6, 6.07) is 1.36. The lowest BCUT2D eigenvalue weighted by Crippen LogP contribution is -2.01. The first-order valence-electron chi connectivity index (χ1n) is 4.51. The zero-order chi connectivity index (χ0) is 11.5. The molecule has 0 atom stereocenters. The van der Waals surface area contributed by atoms with Crippen molar-refractivity contribution in [3.05, 3.63) is 36.2 Å². The lowest BCUT2D eigenvalue weighted by Gasteiger charge is -2.00. The van der Waals surface area contributed by atoms with Crippen LogP contribution in [0.15, 0.2) is 24.8 Å². The largest absolute Gasteiger partial charge is 0.477 e. The monoisotopic (exact) mass is 216 g/mol. The van der Waals surface area contributed by atoms with E-state index in [4.69, 9.17) is 5.11 Å². The summed E-state index contributed by atoms with van der Waals surface area (Å²) in [6.45, 7) is 1.82. The van der Waals surface area contributed by atoms with E-state index >= 15 is 0 Å². The van der Waals surface area contributed by atoms with E-state index in [1.54, 1.807) is 12.4 Å². The highest BCUT2D eigenvalue weighted by molar-refractivity contribution is 5.86. The fraction of sp³-hybridized carbons (Fsp3) is 0.100. The third kappa shape index (κ3) is 2.00. The van der Waals surface area contributed by atoms with Gasteiger partial charge in [-0.3, -0.25) is 9.97 Å². The quantitative estimate of drug-likeness (QED) is 0.803. The number of nitrogens with zero attached hydrogens (tertiary/aromatic N) is 4. The summed E-state index contributed by atoms with van der Waals surface area (Å²) in [5.41, 5.74) is 1.69. The van der Waals surface area contributed by atoms with Crippen LogP contribution >= 0.6 is 0 Å². The zero-order valence-electron chi connectivity index (χ0n) is 8.45. The number of carbonyl (C=O) groups is 1. The van der Waals surface area contributed by atoms with Crippen molar-refractivity contribution in [2.75, 3.05) is 0 Å². The molecule has 6 heteroatoms. The molecule has 0 saturated heterocycles. The van der Waals surface area contributed by atoms with Crippen LogP contribution in [0.2, 0.25) is 0 Å². The first-order chi connectivity index (χ1) is 7.66. The van der Waals surface area contributed by atoms with Crippen LogP contribution in [-0.4, -0.2) is 31.0 Å². The normalized spacial score (nSPS) is 10.1. The Morgan fingerprint density at radius 3 is 2.56 bits per heavy atom. The Bertz CT molecular complexity index is 525. The first-order valence-corrected chi connectivity index (χ1v) is 4.51. The highest BCUT2D eigenvalue weighted by Gasteiger charge is 2.08. The summed E-state index contributed by atoms with van der Waals surface area (Å²) in [5, 5.41) is 8.77. The van der Waals surface area contributed by atoms with Gasteiger partial charge in [-0.15, -0.1) is 0 Å². The number of hydrogen-bond donors (Lipinski definition) is 1. The Balaban J connectivity index is 2.44. The van der Waals surface area contributed by atoms with Crippen LogP contribution in [0.25, 0.3) is 11.4 Å². The molecule has 0 aliphatic rings. The van der Waals surface area contributed by atoms with Crippen LogP contribution in [0.5, 0.6) is 0 Å². The van der Waals surface area contributed by atoms with Crippen molar-refractivity contribution in [3.63, 3.8) is 0 Å². The third-order valence-corrected chi connectivity index (χ3v) is 1.93. The van der Waals surface area contributed by atoms with E-state index in [1.165, 1.54) is 12.4 Å². The van der Waals surface area contributed by atoms with Gasteiger partial charge < -0.3 is 5.11 Å². The molecule has 2 heterocycles. The van der Waals surface area contributed by atoms with Crippen molar-refractivity contribution in [2.45, 2.75) is 6.92 Å². The molecule has 6 nitrogen and oxygen atoms in total. The minimum Gasteiger partial charge on any atom is -0.477 e. The van der Waals surface area contributed by atoms with Crippen LogP contribution in [0.4, 0.5) is 0 Å². The van der Waals surface area contributed by atoms with Gasteiger partial charge in [0.15, 0.2) is 5.69 Å². The molecule has 2 rings (SSSR count). The minimum atomic E-state index is -1.09. The summed E-state index contributed by atoms with van der Waals surface area (Å²) in [6.07, 6.45) is 4.33. The predicted octanol–water partition coefficient (Wildman–Crippen LogP) is 0.940. The van der Waals surface area contributed by atoms with Crippen LogP contribution in [0.1, 0.15) is 16.2 Å². The second-order valence-corrected chi connectivity index (χ2v) is 3.14. The van der Waals surface area contributed by atoms with Gasteiger partial charge in [-0.1, -0.05) is 0 Å². The molecule has 0 aliphatic heterocycles. The molecule has 2 aromatic heterocycles. The Morgan fingerprint density at radius 2 is 1.94 bits per heavy atom. The van der Waals surface area contributed by atoms with Crippen LogP contribution in [0, 0.1) is 6.92 Å². The van der Waals surface area contributed by atoms with Crippen molar-refractivity contribution in [1.29, 1.82) is 0 Å². The SMILES string of the molecule is Cc1cnc(-c2cc(C(=O)O)ncn2)cn1. The summed E-state index contributed by atoms with van der Waals surface area (Å²) in [7, 11) is 0. The Morgan fingerprint density at radius 1 is 1.12 bits per heavy atom. The number of aromatic nitrogens is 4. The topological polar surface area (TPSA) is 88.9 Å². The Kier molecular flexibility index (Phi) is 2.55. The molecule has 0 aliphatic carbocycles. The number of rotatable bonds is 2. The van der Waals surface area contributed by atoms with Crippen molar-refractivity contribution in [2.24, 2.45) is 0 Å². The van der Waals surface area contributed by atoms with E-state index in [1.807, 2.05) is 6.92 Å². The van der Waals surface area contributed by atoms with E-state index < -0.39 is 5.97 Å². The van der Waals surface area contributed by atoms with Gasteiger partial charge in [-0.25, -0.2) is 14.8 Å². The minimum absolute atomic E-state index is 0.0626. The van der Waals surface area contributed by atoms with Gasteiger partial charge in [-0.05, 0) is 13.0 Å². The van der Waals surface area contributed by atoms with Crippen LogP contribution < -0.4 is 0 Å². The second-order valence-electron chi connectivity index (χ2n) is 3.14. The highest BCUT2D eigenvalue weighted by Crippen LogP contribution is 2.12. The smallest absolute Gasteiger partial charge is 0.354 e. The third-order valence-electron chi connectivity index (χ3n) is 1.93. The van der Waals surface area contributed by atoms with Gasteiger partial charge in [0.1, 0.15) is 12.0 Å².